The maximum absolute atomic E-state index is 13.7. The van der Waals surface area contributed by atoms with Crippen molar-refractivity contribution < 1.29 is 9.13 Å². The largest absolute Gasteiger partial charge is 0.421 e. The number of para-hydroxylation sites is 1. The van der Waals surface area contributed by atoms with Gasteiger partial charge in [-0.15, -0.1) is 0 Å². The van der Waals surface area contributed by atoms with Crippen molar-refractivity contribution >= 4 is 24.0 Å². The molecule has 0 saturated carbocycles. The zero-order chi connectivity index (χ0) is 18.7. The monoisotopic (exact) mass is 350 g/mol. The van der Waals surface area contributed by atoms with E-state index in [2.05, 4.69) is 21.7 Å². The number of rotatable bonds is 3. The summed E-state index contributed by atoms with van der Waals surface area (Å²) in [6.45, 7) is 9.36. The minimum atomic E-state index is -0.485. The fourth-order valence-corrected chi connectivity index (χ4v) is 2.46. The topological polar surface area (TPSA) is 51.2 Å². The van der Waals surface area contributed by atoms with E-state index in [1.165, 1.54) is 12.1 Å². The van der Waals surface area contributed by atoms with Gasteiger partial charge in [0.15, 0.2) is 11.6 Å². The Bertz CT molecular complexity index is 1030. The van der Waals surface area contributed by atoms with Crippen LogP contribution >= 0.6 is 0 Å². The average molecular weight is 350 g/mol. The first-order valence-corrected chi connectivity index (χ1v) is 8.09. The number of nitrogens with zero attached hydrogens (tertiary/aromatic N) is 4. The predicted molar refractivity (Wildman–Crippen MR) is 102 cm³/mol. The molecule has 0 aliphatic rings. The Kier molecular flexibility index (Phi) is 4.93. The number of benzene rings is 1. The fourth-order valence-electron chi connectivity index (χ4n) is 2.46. The van der Waals surface area contributed by atoms with Crippen LogP contribution in [0.3, 0.4) is 0 Å². The molecule has 0 spiro atoms. The Hall–Kier alpha value is -3.28. The number of ether oxygens (including phenoxy) is 1. The third-order valence-electron chi connectivity index (χ3n) is 4.09. The summed E-state index contributed by atoms with van der Waals surface area (Å²) in [4.78, 5) is 12.4. The van der Waals surface area contributed by atoms with E-state index in [9.17, 15) is 4.39 Å². The molecule has 2 aromatic heterocycles. The van der Waals surface area contributed by atoms with Crippen LogP contribution in [0.25, 0.3) is 11.2 Å². The lowest BCUT2D eigenvalue weighted by atomic mass is 10.1. The molecule has 0 N–H and O–H groups in total. The van der Waals surface area contributed by atoms with E-state index < -0.39 is 5.82 Å². The molecule has 132 valence electrons. The normalized spacial score (nSPS) is 12.5. The van der Waals surface area contributed by atoms with Crippen molar-refractivity contribution in [3.8, 4) is 5.75 Å². The highest BCUT2D eigenvalue weighted by atomic mass is 19.1. The molecule has 0 unspecified atom stereocenters. The number of hydrogen-bond acceptors (Lipinski definition) is 3. The molecule has 0 aliphatic carbocycles. The summed E-state index contributed by atoms with van der Waals surface area (Å²) >= 11 is 0. The number of amidine groups is 1. The smallest absolute Gasteiger partial charge is 0.321 e. The molecule has 5 nitrogen and oxygen atoms in total. The fraction of sp³-hybridized carbons (Fsp3) is 0.150. The van der Waals surface area contributed by atoms with Gasteiger partial charge >= 0.3 is 6.02 Å². The van der Waals surface area contributed by atoms with E-state index in [4.69, 9.17) is 4.74 Å². The second-order valence-corrected chi connectivity index (χ2v) is 5.84. The molecule has 0 bridgehead atoms. The van der Waals surface area contributed by atoms with Crippen LogP contribution in [0.5, 0.6) is 5.75 Å². The molecule has 3 aromatic rings. The Morgan fingerprint density at radius 1 is 1.23 bits per heavy atom. The Balaban J connectivity index is 1.88. The van der Waals surface area contributed by atoms with Crippen LogP contribution in [-0.4, -0.2) is 22.1 Å². The summed E-state index contributed by atoms with van der Waals surface area (Å²) in [5, 5.41) is 0. The lowest BCUT2D eigenvalue weighted by Gasteiger charge is -2.05. The maximum atomic E-state index is 13.7. The van der Waals surface area contributed by atoms with Gasteiger partial charge in [-0.2, -0.15) is 0 Å². The summed E-state index contributed by atoms with van der Waals surface area (Å²) < 4.78 is 21.1. The molecule has 0 aliphatic heterocycles. The molecule has 0 saturated heterocycles. The second-order valence-electron chi connectivity index (χ2n) is 5.84. The third-order valence-corrected chi connectivity index (χ3v) is 4.09. The van der Waals surface area contributed by atoms with E-state index in [0.29, 0.717) is 0 Å². The molecule has 0 radical (unpaired) electrons. The summed E-state index contributed by atoms with van der Waals surface area (Å²) in [6.07, 6.45) is 3.62. The summed E-state index contributed by atoms with van der Waals surface area (Å²) in [5.74, 6) is -0.434. The van der Waals surface area contributed by atoms with E-state index in [0.717, 1.165) is 28.2 Å². The zero-order valence-corrected chi connectivity index (χ0v) is 14.9. The van der Waals surface area contributed by atoms with Gasteiger partial charge in [0.25, 0.3) is 0 Å². The first-order valence-electron chi connectivity index (χ1n) is 8.09. The number of pyridine rings is 1. The number of halogens is 1. The van der Waals surface area contributed by atoms with E-state index in [1.807, 2.05) is 43.5 Å². The Labute approximate surface area is 151 Å². The molecule has 0 fully saturated rings. The number of fused-ring (bicyclic) bond motifs is 1. The first kappa shape index (κ1) is 17.5. The van der Waals surface area contributed by atoms with Crippen LogP contribution in [-0.2, 0) is 0 Å². The van der Waals surface area contributed by atoms with Gasteiger partial charge in [0.1, 0.15) is 5.65 Å². The SMILES string of the molecule is C=N/C(=N\C=C(/C)c1ccc2nc(C)c(C)n2c1)Oc1ccccc1F. The van der Waals surface area contributed by atoms with Crippen LogP contribution in [0.1, 0.15) is 23.9 Å². The van der Waals surface area contributed by atoms with Gasteiger partial charge in [0.05, 0.1) is 5.69 Å². The lowest BCUT2D eigenvalue weighted by molar-refractivity contribution is 0.486. The van der Waals surface area contributed by atoms with Gasteiger partial charge < -0.3 is 9.14 Å². The molecular formula is C20H19FN4O. The number of aliphatic imine (C=N–C) groups is 2. The minimum Gasteiger partial charge on any atom is -0.421 e. The highest BCUT2D eigenvalue weighted by Crippen LogP contribution is 2.19. The van der Waals surface area contributed by atoms with Crippen LogP contribution < -0.4 is 4.74 Å². The lowest BCUT2D eigenvalue weighted by Crippen LogP contribution is -2.05. The highest BCUT2D eigenvalue weighted by Gasteiger charge is 2.07. The quantitative estimate of drug-likeness (QED) is 0.512. The number of allylic oxidation sites excluding steroid dienone is 1. The molecule has 0 amide bonds. The third kappa shape index (κ3) is 3.54. The molecule has 1 aromatic carbocycles. The van der Waals surface area contributed by atoms with Crippen molar-refractivity contribution in [1.29, 1.82) is 0 Å². The molecular weight excluding hydrogens is 331 g/mol. The van der Waals surface area contributed by atoms with Crippen molar-refractivity contribution in [2.75, 3.05) is 0 Å². The number of aromatic nitrogens is 2. The number of imidazole rings is 1. The van der Waals surface area contributed by atoms with Crippen LogP contribution in [0.2, 0.25) is 0 Å². The van der Waals surface area contributed by atoms with Crippen LogP contribution in [0, 0.1) is 19.7 Å². The van der Waals surface area contributed by atoms with E-state index in [-0.39, 0.29) is 11.8 Å². The van der Waals surface area contributed by atoms with Crippen molar-refractivity contribution in [3.05, 3.63) is 71.6 Å². The molecule has 3 rings (SSSR count). The van der Waals surface area contributed by atoms with Gasteiger partial charge in [-0.25, -0.2) is 19.4 Å². The standard InChI is InChI=1S/C20H19FN4O/c1-13(16-9-10-19-24-14(2)15(3)25(19)12-16)11-23-20(22-4)26-18-8-6-5-7-17(18)21/h5-12H,4H2,1-3H3/b13-11+,23-20+. The summed E-state index contributed by atoms with van der Waals surface area (Å²) in [6, 6.07) is 9.97. The van der Waals surface area contributed by atoms with Crippen LogP contribution in [0.15, 0.2) is 58.8 Å². The van der Waals surface area contributed by atoms with Crippen molar-refractivity contribution in [2.45, 2.75) is 20.8 Å². The average Bonchev–Trinajstić information content (AvgIpc) is 2.93. The second kappa shape index (κ2) is 7.31. The van der Waals surface area contributed by atoms with E-state index >= 15 is 0 Å². The van der Waals surface area contributed by atoms with Crippen molar-refractivity contribution in [1.82, 2.24) is 9.38 Å². The molecule has 2 heterocycles. The maximum Gasteiger partial charge on any atom is 0.321 e. The highest BCUT2D eigenvalue weighted by molar-refractivity contribution is 5.82. The molecule has 26 heavy (non-hydrogen) atoms. The van der Waals surface area contributed by atoms with Crippen molar-refractivity contribution in [3.63, 3.8) is 0 Å². The summed E-state index contributed by atoms with van der Waals surface area (Å²) in [7, 11) is 0. The zero-order valence-electron chi connectivity index (χ0n) is 14.9. The van der Waals surface area contributed by atoms with Gasteiger partial charge in [0, 0.05) is 18.1 Å². The molecule has 0 atom stereocenters. The van der Waals surface area contributed by atoms with E-state index in [1.54, 1.807) is 18.3 Å². The molecule has 6 heteroatoms. The minimum absolute atomic E-state index is 0.0230. The number of hydrogen-bond donors (Lipinski definition) is 0. The van der Waals surface area contributed by atoms with Crippen molar-refractivity contribution in [2.24, 2.45) is 9.98 Å². The Morgan fingerprint density at radius 3 is 2.73 bits per heavy atom. The first-order chi connectivity index (χ1) is 12.5. The van der Waals surface area contributed by atoms with Gasteiger partial charge in [-0.1, -0.05) is 12.1 Å². The van der Waals surface area contributed by atoms with Gasteiger partial charge in [0.2, 0.25) is 0 Å². The predicted octanol–water partition coefficient (Wildman–Crippen LogP) is 4.59. The van der Waals surface area contributed by atoms with Gasteiger partial charge in [-0.05, 0) is 62.9 Å². The Morgan fingerprint density at radius 2 is 2.00 bits per heavy atom. The summed E-state index contributed by atoms with van der Waals surface area (Å²) in [5.41, 5.74) is 4.87. The van der Waals surface area contributed by atoms with Gasteiger partial charge in [-0.3, -0.25) is 0 Å². The number of aryl methyl sites for hydroxylation is 2. The van der Waals surface area contributed by atoms with Crippen LogP contribution in [0.4, 0.5) is 4.39 Å².